The predicted molar refractivity (Wildman–Crippen MR) is 75.3 cm³/mol. The van der Waals surface area contributed by atoms with Gasteiger partial charge in [0.05, 0.1) is 4.90 Å². The molecule has 0 saturated heterocycles. The Bertz CT molecular complexity index is 539. The Kier molecular flexibility index (Phi) is 5.51. The van der Waals surface area contributed by atoms with Crippen LogP contribution in [-0.2, 0) is 14.8 Å². The predicted octanol–water partition coefficient (Wildman–Crippen LogP) is 2.23. The number of hydrogen-bond donors (Lipinski definition) is 2. The highest BCUT2D eigenvalue weighted by Crippen LogP contribution is 2.16. The van der Waals surface area contributed by atoms with Gasteiger partial charge in [-0.25, -0.2) is 8.42 Å². The molecule has 106 valence electrons. The maximum atomic E-state index is 12.1. The van der Waals surface area contributed by atoms with Crippen LogP contribution >= 0.6 is 15.9 Å². The van der Waals surface area contributed by atoms with Crippen LogP contribution in [0.2, 0.25) is 0 Å². The first-order chi connectivity index (χ1) is 8.72. The summed E-state index contributed by atoms with van der Waals surface area (Å²) in [6.07, 6.45) is 0.241. The number of halogens is 1. The van der Waals surface area contributed by atoms with Gasteiger partial charge < -0.3 is 5.11 Å². The number of carbonyl (C=O) groups is 1. The van der Waals surface area contributed by atoms with Crippen molar-refractivity contribution in [1.29, 1.82) is 0 Å². The average Bonchev–Trinajstić information content (AvgIpc) is 2.27. The third-order valence-electron chi connectivity index (χ3n) is 2.43. The van der Waals surface area contributed by atoms with Gasteiger partial charge in [0.25, 0.3) is 0 Å². The number of aliphatic carboxylic acids is 1. The van der Waals surface area contributed by atoms with Gasteiger partial charge in [0.1, 0.15) is 6.04 Å². The lowest BCUT2D eigenvalue weighted by atomic mass is 10.1. The van der Waals surface area contributed by atoms with E-state index in [0.717, 1.165) is 4.47 Å². The fraction of sp³-hybridized carbons (Fsp3) is 0.417. The van der Waals surface area contributed by atoms with Crippen LogP contribution in [0.3, 0.4) is 0 Å². The van der Waals surface area contributed by atoms with Crippen LogP contribution < -0.4 is 4.72 Å². The van der Waals surface area contributed by atoms with Crippen LogP contribution in [0.1, 0.15) is 20.3 Å². The molecule has 1 aromatic carbocycles. The van der Waals surface area contributed by atoms with Crippen LogP contribution in [0.15, 0.2) is 33.6 Å². The van der Waals surface area contributed by atoms with E-state index in [1.807, 2.05) is 13.8 Å². The van der Waals surface area contributed by atoms with Gasteiger partial charge in [0.2, 0.25) is 10.0 Å². The third-order valence-corrected chi connectivity index (χ3v) is 4.44. The first-order valence-electron chi connectivity index (χ1n) is 5.73. The summed E-state index contributed by atoms with van der Waals surface area (Å²) in [6.45, 7) is 3.67. The first-order valence-corrected chi connectivity index (χ1v) is 8.00. The lowest BCUT2D eigenvalue weighted by molar-refractivity contribution is -0.139. The zero-order valence-corrected chi connectivity index (χ0v) is 13.0. The Morgan fingerprint density at radius 1 is 1.32 bits per heavy atom. The molecule has 0 amide bonds. The monoisotopic (exact) mass is 349 g/mol. The van der Waals surface area contributed by atoms with Crippen molar-refractivity contribution in [2.45, 2.75) is 31.2 Å². The molecule has 0 bridgehead atoms. The highest BCUT2D eigenvalue weighted by molar-refractivity contribution is 9.10. The van der Waals surface area contributed by atoms with Crippen molar-refractivity contribution in [3.8, 4) is 0 Å². The number of nitrogens with one attached hydrogen (secondary N) is 1. The lowest BCUT2D eigenvalue weighted by Crippen LogP contribution is -2.41. The summed E-state index contributed by atoms with van der Waals surface area (Å²) in [5.74, 6) is -1.09. The molecule has 19 heavy (non-hydrogen) atoms. The molecule has 1 atom stereocenters. The molecule has 5 nitrogen and oxygen atoms in total. The van der Waals surface area contributed by atoms with E-state index in [0.29, 0.717) is 0 Å². The summed E-state index contributed by atoms with van der Waals surface area (Å²) in [4.78, 5) is 11.1. The van der Waals surface area contributed by atoms with E-state index < -0.39 is 22.0 Å². The van der Waals surface area contributed by atoms with Gasteiger partial charge >= 0.3 is 5.97 Å². The van der Waals surface area contributed by atoms with E-state index in [1.54, 1.807) is 12.1 Å². The lowest BCUT2D eigenvalue weighted by Gasteiger charge is -2.16. The number of hydrogen-bond acceptors (Lipinski definition) is 3. The van der Waals surface area contributed by atoms with Gasteiger partial charge in [-0.15, -0.1) is 0 Å². The van der Waals surface area contributed by atoms with Gasteiger partial charge in [0, 0.05) is 4.47 Å². The Labute approximate surface area is 121 Å². The maximum absolute atomic E-state index is 12.1. The molecular weight excluding hydrogens is 334 g/mol. The molecule has 2 N–H and O–H groups in total. The summed E-state index contributed by atoms with van der Waals surface area (Å²) in [7, 11) is -3.82. The van der Waals surface area contributed by atoms with E-state index in [4.69, 9.17) is 5.11 Å². The first kappa shape index (κ1) is 16.1. The number of benzene rings is 1. The van der Waals surface area contributed by atoms with Gasteiger partial charge in [-0.05, 0) is 36.6 Å². The quantitative estimate of drug-likeness (QED) is 0.824. The van der Waals surface area contributed by atoms with Crippen LogP contribution in [0.5, 0.6) is 0 Å². The van der Waals surface area contributed by atoms with Crippen molar-refractivity contribution in [3.05, 3.63) is 28.7 Å². The topological polar surface area (TPSA) is 83.5 Å². The van der Waals surface area contributed by atoms with Crippen LogP contribution in [0, 0.1) is 5.92 Å². The molecule has 0 aromatic heterocycles. The molecule has 0 aliphatic rings. The van der Waals surface area contributed by atoms with Crippen molar-refractivity contribution in [1.82, 2.24) is 4.72 Å². The SMILES string of the molecule is CC(C)C[C@H](NS(=O)(=O)c1ccc(Br)cc1)C(=O)O. The van der Waals surface area contributed by atoms with Crippen molar-refractivity contribution in [2.24, 2.45) is 5.92 Å². The second-order valence-electron chi connectivity index (χ2n) is 4.60. The fourth-order valence-corrected chi connectivity index (χ4v) is 3.01. The van der Waals surface area contributed by atoms with E-state index in [1.165, 1.54) is 12.1 Å². The maximum Gasteiger partial charge on any atom is 0.321 e. The highest BCUT2D eigenvalue weighted by atomic mass is 79.9. The Balaban J connectivity index is 2.94. The van der Waals surface area contributed by atoms with E-state index >= 15 is 0 Å². The smallest absolute Gasteiger partial charge is 0.321 e. The minimum atomic E-state index is -3.82. The van der Waals surface area contributed by atoms with Crippen molar-refractivity contribution in [2.75, 3.05) is 0 Å². The number of rotatable bonds is 6. The summed E-state index contributed by atoms with van der Waals surface area (Å²) in [6, 6.07) is 4.90. The Morgan fingerprint density at radius 2 is 1.84 bits per heavy atom. The van der Waals surface area contributed by atoms with Crippen LogP contribution in [0.4, 0.5) is 0 Å². The molecule has 0 aliphatic carbocycles. The molecule has 1 rings (SSSR count). The molecular formula is C12H16BrNO4S. The fourth-order valence-electron chi connectivity index (χ4n) is 1.54. The van der Waals surface area contributed by atoms with Crippen molar-refractivity contribution in [3.63, 3.8) is 0 Å². The van der Waals surface area contributed by atoms with Crippen LogP contribution in [-0.4, -0.2) is 25.5 Å². The van der Waals surface area contributed by atoms with E-state index in [-0.39, 0.29) is 17.2 Å². The second kappa shape index (κ2) is 6.49. The van der Waals surface area contributed by atoms with Gasteiger partial charge in [0.15, 0.2) is 0 Å². The largest absolute Gasteiger partial charge is 0.480 e. The molecule has 1 aromatic rings. The Hall–Kier alpha value is -0.920. The summed E-state index contributed by atoms with van der Waals surface area (Å²) >= 11 is 3.21. The third kappa shape index (κ3) is 4.93. The molecule has 7 heteroatoms. The molecule has 0 fully saturated rings. The van der Waals surface area contributed by atoms with E-state index in [2.05, 4.69) is 20.7 Å². The zero-order valence-electron chi connectivity index (χ0n) is 10.6. The van der Waals surface area contributed by atoms with Crippen molar-refractivity contribution < 1.29 is 18.3 Å². The number of sulfonamides is 1. The average molecular weight is 350 g/mol. The molecule has 0 radical (unpaired) electrons. The standard InChI is InChI=1S/C12H16BrNO4S/c1-8(2)7-11(12(15)16)14-19(17,18)10-5-3-9(13)4-6-10/h3-6,8,11,14H,7H2,1-2H3,(H,15,16)/t11-/m0/s1. The molecule has 0 aliphatic heterocycles. The van der Waals surface area contributed by atoms with E-state index in [9.17, 15) is 13.2 Å². The molecule has 0 heterocycles. The summed E-state index contributed by atoms with van der Waals surface area (Å²) in [5, 5.41) is 9.04. The zero-order chi connectivity index (χ0) is 14.6. The van der Waals surface area contributed by atoms with Gasteiger partial charge in [-0.3, -0.25) is 4.79 Å². The molecule has 0 unspecified atom stereocenters. The Morgan fingerprint density at radius 3 is 2.26 bits per heavy atom. The minimum absolute atomic E-state index is 0.0470. The van der Waals surface area contributed by atoms with Crippen molar-refractivity contribution >= 4 is 31.9 Å². The minimum Gasteiger partial charge on any atom is -0.480 e. The highest BCUT2D eigenvalue weighted by Gasteiger charge is 2.25. The summed E-state index contributed by atoms with van der Waals surface area (Å²) < 4.78 is 27.1. The van der Waals surface area contributed by atoms with Gasteiger partial charge in [-0.2, -0.15) is 4.72 Å². The summed E-state index contributed by atoms with van der Waals surface area (Å²) in [5.41, 5.74) is 0. The van der Waals surface area contributed by atoms with Gasteiger partial charge in [-0.1, -0.05) is 29.8 Å². The van der Waals surface area contributed by atoms with Crippen LogP contribution in [0.25, 0.3) is 0 Å². The second-order valence-corrected chi connectivity index (χ2v) is 7.23. The normalized spacial score (nSPS) is 13.5. The molecule has 0 saturated carbocycles. The number of carboxylic acids is 1. The number of carboxylic acid groups (broad SMARTS) is 1. The molecule has 0 spiro atoms.